The SMILES string of the molecule is Cc1cc(C)c2cc(CN(CCO)S(=O)(=O)c3cccc4nsnc34)c(=O)[nH]c2c1. The number of benzene rings is 2. The molecule has 0 amide bonds. The number of rotatable bonds is 6. The van der Waals surface area contributed by atoms with Gasteiger partial charge in [0, 0.05) is 29.6 Å². The van der Waals surface area contributed by atoms with Crippen molar-refractivity contribution >= 4 is 43.7 Å². The lowest BCUT2D eigenvalue weighted by Gasteiger charge is -2.21. The molecule has 0 bridgehead atoms. The monoisotopic (exact) mass is 444 g/mol. The van der Waals surface area contributed by atoms with Gasteiger partial charge >= 0.3 is 0 Å². The number of aliphatic hydroxyl groups excluding tert-OH is 1. The molecule has 2 N–H and O–H groups in total. The summed E-state index contributed by atoms with van der Waals surface area (Å²) in [5.41, 5.74) is 3.42. The van der Waals surface area contributed by atoms with Crippen molar-refractivity contribution in [1.82, 2.24) is 18.0 Å². The first-order valence-electron chi connectivity index (χ1n) is 9.26. The molecule has 4 aromatic rings. The van der Waals surface area contributed by atoms with Crippen LogP contribution in [0.15, 0.2) is 46.1 Å². The van der Waals surface area contributed by atoms with Crippen molar-refractivity contribution in [2.45, 2.75) is 25.3 Å². The normalized spacial score (nSPS) is 12.3. The highest BCUT2D eigenvalue weighted by Gasteiger charge is 2.28. The van der Waals surface area contributed by atoms with Crippen LogP contribution in [0.4, 0.5) is 0 Å². The van der Waals surface area contributed by atoms with Crippen LogP contribution >= 0.6 is 11.7 Å². The summed E-state index contributed by atoms with van der Waals surface area (Å²) < 4.78 is 36.0. The van der Waals surface area contributed by atoms with Gasteiger partial charge in [-0.25, -0.2) is 8.42 Å². The fourth-order valence-electron chi connectivity index (χ4n) is 3.55. The van der Waals surface area contributed by atoms with Crippen molar-refractivity contribution in [1.29, 1.82) is 0 Å². The first-order valence-corrected chi connectivity index (χ1v) is 11.4. The first kappa shape index (κ1) is 20.6. The van der Waals surface area contributed by atoms with Crippen LogP contribution in [0.2, 0.25) is 0 Å². The Labute approximate surface area is 177 Å². The quantitative estimate of drug-likeness (QED) is 0.472. The van der Waals surface area contributed by atoms with Crippen molar-refractivity contribution in [3.8, 4) is 0 Å². The molecule has 2 heterocycles. The second kappa shape index (κ2) is 7.88. The van der Waals surface area contributed by atoms with Gasteiger partial charge in [-0.3, -0.25) is 4.79 Å². The van der Waals surface area contributed by atoms with E-state index in [1.165, 1.54) is 6.07 Å². The van der Waals surface area contributed by atoms with Gasteiger partial charge in [0.25, 0.3) is 5.56 Å². The molecule has 0 aliphatic rings. The Kier molecular flexibility index (Phi) is 5.41. The molecule has 0 saturated heterocycles. The summed E-state index contributed by atoms with van der Waals surface area (Å²) in [6.07, 6.45) is 0. The number of aromatic amines is 1. The smallest absolute Gasteiger partial charge is 0.252 e. The number of hydrogen-bond donors (Lipinski definition) is 2. The number of hydrogen-bond acceptors (Lipinski definition) is 7. The molecule has 30 heavy (non-hydrogen) atoms. The number of aromatic nitrogens is 3. The lowest BCUT2D eigenvalue weighted by molar-refractivity contribution is 0.251. The number of fused-ring (bicyclic) bond motifs is 2. The third-order valence-electron chi connectivity index (χ3n) is 4.95. The van der Waals surface area contributed by atoms with Gasteiger partial charge in [0.2, 0.25) is 10.0 Å². The van der Waals surface area contributed by atoms with E-state index in [0.29, 0.717) is 16.6 Å². The van der Waals surface area contributed by atoms with E-state index in [1.807, 2.05) is 26.0 Å². The predicted octanol–water partition coefficient (Wildman–Crippen LogP) is 2.33. The maximum atomic E-state index is 13.4. The fraction of sp³-hybridized carbons (Fsp3) is 0.250. The van der Waals surface area contributed by atoms with Crippen LogP contribution in [0, 0.1) is 13.8 Å². The van der Waals surface area contributed by atoms with Crippen molar-refractivity contribution < 1.29 is 13.5 Å². The fourth-order valence-corrected chi connectivity index (χ4v) is 5.71. The zero-order chi connectivity index (χ0) is 21.5. The number of nitrogens with zero attached hydrogens (tertiary/aromatic N) is 3. The van der Waals surface area contributed by atoms with E-state index in [4.69, 9.17) is 0 Å². The molecular weight excluding hydrogens is 424 g/mol. The second-order valence-electron chi connectivity index (χ2n) is 7.12. The minimum Gasteiger partial charge on any atom is -0.395 e. The molecule has 0 aliphatic carbocycles. The average molecular weight is 445 g/mol. The Balaban J connectivity index is 1.80. The van der Waals surface area contributed by atoms with Gasteiger partial charge in [0.05, 0.1) is 18.3 Å². The van der Waals surface area contributed by atoms with Crippen LogP contribution < -0.4 is 5.56 Å². The van der Waals surface area contributed by atoms with Gasteiger partial charge < -0.3 is 10.1 Å². The van der Waals surface area contributed by atoms with Gasteiger partial charge in [0.15, 0.2) is 0 Å². The van der Waals surface area contributed by atoms with Crippen molar-refractivity contribution in [2.24, 2.45) is 0 Å². The topological polar surface area (TPSA) is 116 Å². The van der Waals surface area contributed by atoms with E-state index in [-0.39, 0.29) is 35.7 Å². The Morgan fingerprint density at radius 1 is 1.17 bits per heavy atom. The largest absolute Gasteiger partial charge is 0.395 e. The molecule has 0 radical (unpaired) electrons. The summed E-state index contributed by atoms with van der Waals surface area (Å²) in [6.45, 7) is 3.18. The Hall–Kier alpha value is -2.66. The number of pyridine rings is 1. The molecule has 4 rings (SSSR count). The van der Waals surface area contributed by atoms with Crippen LogP contribution in [0.5, 0.6) is 0 Å². The third kappa shape index (κ3) is 3.63. The highest BCUT2D eigenvalue weighted by molar-refractivity contribution is 7.89. The van der Waals surface area contributed by atoms with Crippen LogP contribution in [-0.4, -0.2) is 44.7 Å². The van der Waals surface area contributed by atoms with Crippen molar-refractivity contribution in [3.63, 3.8) is 0 Å². The van der Waals surface area contributed by atoms with E-state index < -0.39 is 10.0 Å². The minimum absolute atomic E-state index is 0.00576. The summed E-state index contributed by atoms with van der Waals surface area (Å²) in [7, 11) is -4.02. The molecule has 2 aromatic heterocycles. The van der Waals surface area contributed by atoms with Crippen molar-refractivity contribution in [3.05, 3.63) is 63.4 Å². The number of aliphatic hydroxyl groups is 1. The molecule has 0 atom stereocenters. The Bertz CT molecular complexity index is 1410. The molecule has 0 unspecified atom stereocenters. The van der Waals surface area contributed by atoms with E-state index in [9.17, 15) is 18.3 Å². The second-order valence-corrected chi connectivity index (χ2v) is 9.55. The summed E-state index contributed by atoms with van der Waals surface area (Å²) in [5.74, 6) is 0. The lowest BCUT2D eigenvalue weighted by atomic mass is 10.0. The number of aryl methyl sites for hydroxylation is 2. The molecule has 8 nitrogen and oxygen atoms in total. The lowest BCUT2D eigenvalue weighted by Crippen LogP contribution is -2.35. The number of nitrogens with one attached hydrogen (secondary N) is 1. The van der Waals surface area contributed by atoms with Gasteiger partial charge in [0.1, 0.15) is 15.9 Å². The molecule has 2 aromatic carbocycles. The molecule has 0 fully saturated rings. The highest BCUT2D eigenvalue weighted by atomic mass is 32.2. The molecule has 10 heteroatoms. The summed E-state index contributed by atoms with van der Waals surface area (Å²) in [4.78, 5) is 15.5. The van der Waals surface area contributed by atoms with Gasteiger partial charge in [-0.15, -0.1) is 0 Å². The van der Waals surface area contributed by atoms with Crippen LogP contribution in [-0.2, 0) is 16.6 Å². The number of H-pyrrole nitrogens is 1. The zero-order valence-electron chi connectivity index (χ0n) is 16.4. The molecule has 0 aliphatic heterocycles. The zero-order valence-corrected chi connectivity index (χ0v) is 18.0. The predicted molar refractivity (Wildman–Crippen MR) is 116 cm³/mol. The maximum absolute atomic E-state index is 13.4. The standard InChI is InChI=1S/C20H20N4O4S2/c1-12-8-13(2)15-10-14(20(26)21-17(15)9-12)11-24(6-7-25)30(27,28)18-5-3-4-16-19(18)23-29-22-16/h3-5,8-10,25H,6-7,11H2,1-2H3,(H,21,26). The average Bonchev–Trinajstić information content (AvgIpc) is 3.17. The molecular formula is C20H20N4O4S2. The summed E-state index contributed by atoms with van der Waals surface area (Å²) in [6, 6.07) is 10.3. The Morgan fingerprint density at radius 3 is 2.73 bits per heavy atom. The molecule has 156 valence electrons. The van der Waals surface area contributed by atoms with Gasteiger partial charge in [-0.1, -0.05) is 12.1 Å². The summed E-state index contributed by atoms with van der Waals surface area (Å²) in [5, 5.41) is 10.3. The first-order chi connectivity index (χ1) is 14.3. The van der Waals surface area contributed by atoms with E-state index in [1.54, 1.807) is 18.2 Å². The van der Waals surface area contributed by atoms with Crippen LogP contribution in [0.25, 0.3) is 21.9 Å². The van der Waals surface area contributed by atoms with Gasteiger partial charge in [-0.05, 0) is 49.2 Å². The van der Waals surface area contributed by atoms with E-state index >= 15 is 0 Å². The number of sulfonamides is 1. The van der Waals surface area contributed by atoms with E-state index in [0.717, 1.165) is 32.5 Å². The Morgan fingerprint density at radius 2 is 1.97 bits per heavy atom. The van der Waals surface area contributed by atoms with Crippen LogP contribution in [0.1, 0.15) is 16.7 Å². The highest BCUT2D eigenvalue weighted by Crippen LogP contribution is 2.26. The summed E-state index contributed by atoms with van der Waals surface area (Å²) >= 11 is 0.931. The van der Waals surface area contributed by atoms with Crippen LogP contribution in [0.3, 0.4) is 0 Å². The molecule has 0 saturated carbocycles. The maximum Gasteiger partial charge on any atom is 0.252 e. The van der Waals surface area contributed by atoms with E-state index in [2.05, 4.69) is 13.7 Å². The van der Waals surface area contributed by atoms with Gasteiger partial charge in [-0.2, -0.15) is 13.1 Å². The molecule has 0 spiro atoms. The third-order valence-corrected chi connectivity index (χ3v) is 7.37. The van der Waals surface area contributed by atoms with Crippen molar-refractivity contribution in [2.75, 3.05) is 13.2 Å². The minimum atomic E-state index is -4.02.